The fraction of sp³-hybridized carbons (Fsp3) is 0.583. The monoisotopic (exact) mass is 422 g/mol. The molecule has 1 aromatic heterocycles. The summed E-state index contributed by atoms with van der Waals surface area (Å²) in [6.45, 7) is 4.63. The number of carbonyl (C=O) groups is 1. The van der Waals surface area contributed by atoms with E-state index >= 15 is 0 Å². The van der Waals surface area contributed by atoms with Gasteiger partial charge in [0, 0.05) is 57.6 Å². The number of aromatic nitrogens is 2. The molecule has 2 aromatic rings. The molecule has 164 valence electrons. The van der Waals surface area contributed by atoms with Crippen LogP contribution in [0.1, 0.15) is 42.9 Å². The molecule has 1 aliphatic carbocycles. The number of benzene rings is 1. The fourth-order valence-electron chi connectivity index (χ4n) is 5.89. The van der Waals surface area contributed by atoms with Gasteiger partial charge in [-0.05, 0) is 55.4 Å². The Bertz CT molecular complexity index is 1000. The van der Waals surface area contributed by atoms with Crippen molar-refractivity contribution >= 4 is 5.91 Å². The van der Waals surface area contributed by atoms with E-state index in [0.717, 1.165) is 63.0 Å². The minimum atomic E-state index is -0.350. The lowest BCUT2D eigenvalue weighted by Gasteiger charge is -2.42. The van der Waals surface area contributed by atoms with E-state index in [1.165, 1.54) is 24.1 Å². The Balaban J connectivity index is 1.29. The van der Waals surface area contributed by atoms with Crippen molar-refractivity contribution in [2.45, 2.75) is 38.1 Å². The van der Waals surface area contributed by atoms with E-state index in [1.807, 2.05) is 24.0 Å². The molecule has 31 heavy (non-hydrogen) atoms. The first kappa shape index (κ1) is 19.2. The largest absolute Gasteiger partial charge is 0.454 e. The average Bonchev–Trinajstić information content (AvgIpc) is 3.13. The molecule has 2 atom stereocenters. The molecule has 3 aliphatic heterocycles. The first-order chi connectivity index (χ1) is 15.1. The molecular formula is C24H30N4O3. The van der Waals surface area contributed by atoms with Gasteiger partial charge in [0.2, 0.25) is 12.7 Å². The minimum Gasteiger partial charge on any atom is -0.454 e. The summed E-state index contributed by atoms with van der Waals surface area (Å²) < 4.78 is 13.0. The molecule has 0 radical (unpaired) electrons. The maximum atomic E-state index is 13.9. The van der Waals surface area contributed by atoms with Gasteiger partial charge in [-0.2, -0.15) is 5.10 Å². The zero-order valence-electron chi connectivity index (χ0n) is 18.1. The van der Waals surface area contributed by atoms with E-state index in [9.17, 15) is 4.79 Å². The van der Waals surface area contributed by atoms with Crippen LogP contribution >= 0.6 is 0 Å². The summed E-state index contributed by atoms with van der Waals surface area (Å²) in [5.74, 6) is 2.89. The highest BCUT2D eigenvalue weighted by molar-refractivity contribution is 5.85. The van der Waals surface area contributed by atoms with Gasteiger partial charge in [-0.3, -0.25) is 14.4 Å². The average molecular weight is 423 g/mol. The predicted molar refractivity (Wildman–Crippen MR) is 115 cm³/mol. The van der Waals surface area contributed by atoms with Gasteiger partial charge in [0.1, 0.15) is 0 Å². The first-order valence-electron chi connectivity index (χ1n) is 11.5. The van der Waals surface area contributed by atoms with Gasteiger partial charge < -0.3 is 14.4 Å². The van der Waals surface area contributed by atoms with Crippen LogP contribution in [0.5, 0.6) is 11.5 Å². The van der Waals surface area contributed by atoms with Crippen molar-refractivity contribution in [1.29, 1.82) is 0 Å². The Morgan fingerprint density at radius 1 is 1.19 bits per heavy atom. The molecule has 7 heteroatoms. The molecule has 4 aliphatic rings. The molecule has 7 nitrogen and oxygen atoms in total. The molecule has 1 spiro atoms. The van der Waals surface area contributed by atoms with Crippen molar-refractivity contribution in [2.75, 3.05) is 33.0 Å². The molecule has 2 saturated heterocycles. The maximum Gasteiger partial charge on any atom is 0.231 e. The lowest BCUT2D eigenvalue weighted by molar-refractivity contribution is -0.147. The number of amides is 1. The zero-order chi connectivity index (χ0) is 21.0. The molecule has 4 heterocycles. The van der Waals surface area contributed by atoms with Crippen molar-refractivity contribution in [3.63, 3.8) is 0 Å². The molecule has 1 saturated carbocycles. The highest BCUT2D eigenvalue weighted by Crippen LogP contribution is 2.50. The number of ether oxygens (including phenoxy) is 2. The van der Waals surface area contributed by atoms with Gasteiger partial charge in [0.15, 0.2) is 11.5 Å². The van der Waals surface area contributed by atoms with Crippen LogP contribution in [0.15, 0.2) is 30.5 Å². The summed E-state index contributed by atoms with van der Waals surface area (Å²) in [5, 5.41) is 4.43. The third-order valence-electron chi connectivity index (χ3n) is 7.61. The fourth-order valence-corrected chi connectivity index (χ4v) is 5.89. The Kier molecular flexibility index (Phi) is 4.49. The number of hydrogen-bond donors (Lipinski definition) is 0. The van der Waals surface area contributed by atoms with Crippen LogP contribution in [-0.2, 0) is 18.4 Å². The first-order valence-corrected chi connectivity index (χ1v) is 11.5. The van der Waals surface area contributed by atoms with Crippen molar-refractivity contribution < 1.29 is 14.3 Å². The summed E-state index contributed by atoms with van der Waals surface area (Å²) in [4.78, 5) is 18.5. The molecule has 6 rings (SSSR count). The van der Waals surface area contributed by atoms with Gasteiger partial charge in [-0.1, -0.05) is 6.07 Å². The van der Waals surface area contributed by atoms with Gasteiger partial charge in [-0.25, -0.2) is 0 Å². The van der Waals surface area contributed by atoms with E-state index in [0.29, 0.717) is 12.7 Å². The molecular weight excluding hydrogens is 392 g/mol. The van der Waals surface area contributed by atoms with E-state index in [4.69, 9.17) is 9.47 Å². The number of hydrogen-bond acceptors (Lipinski definition) is 5. The van der Waals surface area contributed by atoms with Gasteiger partial charge in [0.25, 0.3) is 0 Å². The van der Waals surface area contributed by atoms with Crippen LogP contribution in [0.2, 0.25) is 0 Å². The van der Waals surface area contributed by atoms with Crippen LogP contribution in [0, 0.1) is 11.3 Å². The number of fused-ring (bicyclic) bond motifs is 1. The number of nitrogens with zero attached hydrogens (tertiary/aromatic N) is 4. The summed E-state index contributed by atoms with van der Waals surface area (Å²) in [5.41, 5.74) is 2.02. The quantitative estimate of drug-likeness (QED) is 0.742. The summed E-state index contributed by atoms with van der Waals surface area (Å²) in [7, 11) is 2.00. The Morgan fingerprint density at radius 3 is 2.87 bits per heavy atom. The molecule has 0 N–H and O–H groups in total. The lowest BCUT2D eigenvalue weighted by atomic mass is 9.70. The SMILES string of the molecule is Cn1nccc1[C@@H]1CN(Cc2ccc3c(c2)OCO3)C[C@]12CCCN(CC1CC1)C2=O. The minimum absolute atomic E-state index is 0.170. The highest BCUT2D eigenvalue weighted by atomic mass is 16.7. The van der Waals surface area contributed by atoms with Crippen molar-refractivity contribution in [3.8, 4) is 11.5 Å². The van der Waals surface area contributed by atoms with Crippen LogP contribution < -0.4 is 9.47 Å². The highest BCUT2D eigenvalue weighted by Gasteiger charge is 2.56. The second-order valence-corrected chi connectivity index (χ2v) is 9.74. The van der Waals surface area contributed by atoms with Gasteiger partial charge in [-0.15, -0.1) is 0 Å². The Hall–Kier alpha value is -2.54. The summed E-state index contributed by atoms with van der Waals surface area (Å²) >= 11 is 0. The van der Waals surface area contributed by atoms with Gasteiger partial charge in [0.05, 0.1) is 5.41 Å². The Labute approximate surface area is 182 Å². The van der Waals surface area contributed by atoms with Crippen LogP contribution in [0.3, 0.4) is 0 Å². The van der Waals surface area contributed by atoms with Crippen molar-refractivity contribution in [3.05, 3.63) is 41.7 Å². The van der Waals surface area contributed by atoms with Crippen LogP contribution in [0.4, 0.5) is 0 Å². The van der Waals surface area contributed by atoms with Gasteiger partial charge >= 0.3 is 0 Å². The number of likely N-dealkylation sites (tertiary alicyclic amines) is 2. The summed E-state index contributed by atoms with van der Waals surface area (Å²) in [6, 6.07) is 8.28. The Morgan fingerprint density at radius 2 is 2.06 bits per heavy atom. The molecule has 1 aromatic carbocycles. The number of rotatable bonds is 5. The lowest BCUT2D eigenvalue weighted by Crippen LogP contribution is -2.52. The maximum absolute atomic E-state index is 13.9. The van der Waals surface area contributed by atoms with Crippen LogP contribution in [0.25, 0.3) is 0 Å². The topological polar surface area (TPSA) is 59.8 Å². The van der Waals surface area contributed by atoms with Crippen molar-refractivity contribution in [1.82, 2.24) is 19.6 Å². The zero-order valence-corrected chi connectivity index (χ0v) is 18.1. The smallest absolute Gasteiger partial charge is 0.231 e. The molecule has 1 amide bonds. The van der Waals surface area contributed by atoms with Crippen LogP contribution in [-0.4, -0.2) is 58.5 Å². The normalized spacial score (nSPS) is 28.1. The van der Waals surface area contributed by atoms with E-state index < -0.39 is 0 Å². The third kappa shape index (κ3) is 3.30. The standard InChI is InChI=1S/C24H30N4O3/c1-26-20(7-9-25-26)19-14-27(12-18-5-6-21-22(11-18)31-16-30-21)15-24(19)8-2-10-28(23(24)29)13-17-3-4-17/h5-7,9,11,17,19H,2-4,8,10,12-16H2,1H3/t19-,24+/m0/s1. The third-order valence-corrected chi connectivity index (χ3v) is 7.61. The second kappa shape index (κ2) is 7.26. The van der Waals surface area contributed by atoms with E-state index in [-0.39, 0.29) is 11.3 Å². The molecule has 3 fully saturated rings. The molecule has 0 bridgehead atoms. The van der Waals surface area contributed by atoms with E-state index in [1.54, 1.807) is 0 Å². The van der Waals surface area contributed by atoms with E-state index in [2.05, 4.69) is 33.1 Å². The predicted octanol–water partition coefficient (Wildman–Crippen LogP) is 2.77. The molecule has 0 unspecified atom stereocenters. The number of aryl methyl sites for hydroxylation is 1. The number of carbonyl (C=O) groups excluding carboxylic acids is 1. The van der Waals surface area contributed by atoms with Crippen molar-refractivity contribution in [2.24, 2.45) is 18.4 Å². The summed E-state index contributed by atoms with van der Waals surface area (Å²) in [6.07, 6.45) is 6.46. The second-order valence-electron chi connectivity index (χ2n) is 9.74. The number of piperidine rings is 1.